The molecule has 0 atom stereocenters. The first-order valence-electron chi connectivity index (χ1n) is 4.88. The number of halogens is 2. The van der Waals surface area contributed by atoms with Gasteiger partial charge in [-0.25, -0.2) is 8.78 Å². The maximum atomic E-state index is 12.2. The number of rotatable bonds is 0. The fourth-order valence-corrected chi connectivity index (χ4v) is 1.43. The van der Waals surface area contributed by atoms with E-state index in [4.69, 9.17) is 11.5 Å². The SMILES string of the molecule is Nc1ccc(F)cc1S.Nc1ccc(F)cc1S.[Ca]. The second kappa shape index (κ2) is 8.92. The Morgan fingerprint density at radius 1 is 0.737 bits per heavy atom. The summed E-state index contributed by atoms with van der Waals surface area (Å²) < 4.78 is 24.5. The standard InChI is InChI=1S/2C6H6FNS.Ca/c2*7-4-1-2-5(8)6(9)3-4;/h2*1-3,9H,8H2;. The van der Waals surface area contributed by atoms with Gasteiger partial charge in [0.2, 0.25) is 0 Å². The summed E-state index contributed by atoms with van der Waals surface area (Å²) in [6, 6.07) is 8.12. The van der Waals surface area contributed by atoms with Gasteiger partial charge in [-0.15, -0.1) is 25.3 Å². The van der Waals surface area contributed by atoms with Crippen molar-refractivity contribution < 1.29 is 8.78 Å². The van der Waals surface area contributed by atoms with Gasteiger partial charge in [0, 0.05) is 58.9 Å². The average Bonchev–Trinajstić information content (AvgIpc) is 2.30. The molecule has 0 amide bonds. The molecule has 2 rings (SSSR count). The van der Waals surface area contributed by atoms with Crippen LogP contribution in [-0.4, -0.2) is 37.7 Å². The maximum Gasteiger partial charge on any atom is 0.124 e. The van der Waals surface area contributed by atoms with Gasteiger partial charge in [0.05, 0.1) is 0 Å². The molecule has 0 unspecified atom stereocenters. The second-order valence-electron chi connectivity index (χ2n) is 3.41. The van der Waals surface area contributed by atoms with E-state index in [1.165, 1.54) is 36.4 Å². The normalized spacial score (nSPS) is 9.05. The van der Waals surface area contributed by atoms with Gasteiger partial charge >= 0.3 is 0 Å². The molecule has 0 aliphatic heterocycles. The Balaban J connectivity index is 0.000000324. The minimum absolute atomic E-state index is 0. The molecule has 19 heavy (non-hydrogen) atoms. The first-order valence-corrected chi connectivity index (χ1v) is 5.77. The third-order valence-corrected chi connectivity index (χ3v) is 2.76. The third-order valence-electron chi connectivity index (χ3n) is 1.98. The number of nitrogen functional groups attached to an aromatic ring is 2. The van der Waals surface area contributed by atoms with E-state index in [-0.39, 0.29) is 49.4 Å². The van der Waals surface area contributed by atoms with Crippen LogP contribution in [-0.2, 0) is 0 Å². The van der Waals surface area contributed by atoms with Crippen molar-refractivity contribution in [2.75, 3.05) is 11.5 Å². The summed E-state index contributed by atoms with van der Waals surface area (Å²) in [4.78, 5) is 0.963. The van der Waals surface area contributed by atoms with E-state index in [1.54, 1.807) is 0 Å². The number of hydrogen-bond acceptors (Lipinski definition) is 4. The monoisotopic (exact) mass is 326 g/mol. The van der Waals surface area contributed by atoms with Crippen LogP contribution < -0.4 is 11.5 Å². The fraction of sp³-hybridized carbons (Fsp3) is 0. The molecule has 2 aromatic rings. The van der Waals surface area contributed by atoms with Gasteiger partial charge in [0.15, 0.2) is 0 Å². The van der Waals surface area contributed by atoms with Gasteiger partial charge in [-0.2, -0.15) is 0 Å². The summed E-state index contributed by atoms with van der Waals surface area (Å²) in [6.07, 6.45) is 0. The molecule has 0 saturated carbocycles. The Morgan fingerprint density at radius 2 is 1.05 bits per heavy atom. The molecular formula is C12H12CaF2N2S2. The van der Waals surface area contributed by atoms with Crippen molar-refractivity contribution in [3.8, 4) is 0 Å². The number of hydrogen-bond donors (Lipinski definition) is 4. The minimum atomic E-state index is -0.311. The molecule has 0 bridgehead atoms. The molecule has 2 radical (unpaired) electrons. The van der Waals surface area contributed by atoms with E-state index in [2.05, 4.69) is 25.3 Å². The van der Waals surface area contributed by atoms with Crippen molar-refractivity contribution >= 4 is 74.4 Å². The van der Waals surface area contributed by atoms with E-state index >= 15 is 0 Å². The van der Waals surface area contributed by atoms with Gasteiger partial charge in [-0.1, -0.05) is 0 Å². The number of nitrogens with two attached hydrogens (primary N) is 2. The zero-order valence-electron chi connectivity index (χ0n) is 9.98. The van der Waals surface area contributed by atoms with Crippen molar-refractivity contribution in [2.24, 2.45) is 0 Å². The van der Waals surface area contributed by atoms with E-state index in [1.807, 2.05) is 0 Å². The summed E-state index contributed by atoms with van der Waals surface area (Å²) >= 11 is 7.81. The van der Waals surface area contributed by atoms with E-state index in [0.29, 0.717) is 21.2 Å². The molecule has 0 fully saturated rings. The first kappa shape index (κ1) is 18.9. The van der Waals surface area contributed by atoms with Crippen LogP contribution in [0.4, 0.5) is 20.2 Å². The van der Waals surface area contributed by atoms with Gasteiger partial charge in [0.1, 0.15) is 11.6 Å². The fourth-order valence-electron chi connectivity index (χ4n) is 1.03. The van der Waals surface area contributed by atoms with Crippen molar-refractivity contribution in [3.05, 3.63) is 48.0 Å². The third kappa shape index (κ3) is 6.72. The minimum Gasteiger partial charge on any atom is -0.398 e. The molecular weight excluding hydrogens is 314 g/mol. The molecule has 0 aromatic heterocycles. The molecule has 2 nitrogen and oxygen atoms in total. The molecule has 2 aromatic carbocycles. The molecule has 98 valence electrons. The van der Waals surface area contributed by atoms with E-state index in [9.17, 15) is 8.78 Å². The zero-order valence-corrected chi connectivity index (χ0v) is 14.0. The van der Waals surface area contributed by atoms with Crippen LogP contribution in [0.25, 0.3) is 0 Å². The Labute approximate surface area is 151 Å². The molecule has 0 saturated heterocycles. The van der Waals surface area contributed by atoms with Gasteiger partial charge in [-0.3, -0.25) is 0 Å². The smallest absolute Gasteiger partial charge is 0.124 e. The van der Waals surface area contributed by atoms with Crippen LogP contribution in [0.3, 0.4) is 0 Å². The number of anilines is 2. The molecule has 0 spiro atoms. The molecule has 0 aliphatic rings. The Bertz CT molecular complexity index is 504. The Kier molecular flexibility index (Phi) is 8.85. The Hall–Kier alpha value is -0.140. The first-order chi connectivity index (χ1) is 8.40. The molecule has 0 heterocycles. The van der Waals surface area contributed by atoms with Gasteiger partial charge < -0.3 is 11.5 Å². The zero-order chi connectivity index (χ0) is 13.7. The number of thiol groups is 2. The van der Waals surface area contributed by atoms with E-state index < -0.39 is 0 Å². The summed E-state index contributed by atoms with van der Waals surface area (Å²) in [6.45, 7) is 0. The van der Waals surface area contributed by atoms with Crippen LogP contribution in [0.5, 0.6) is 0 Å². The van der Waals surface area contributed by atoms with Crippen molar-refractivity contribution in [2.45, 2.75) is 9.79 Å². The predicted molar refractivity (Wildman–Crippen MR) is 81.9 cm³/mol. The quantitative estimate of drug-likeness (QED) is 0.342. The summed E-state index contributed by atoms with van der Waals surface area (Å²) in [5.41, 5.74) is 11.7. The largest absolute Gasteiger partial charge is 0.398 e. The van der Waals surface area contributed by atoms with Crippen LogP contribution >= 0.6 is 25.3 Å². The van der Waals surface area contributed by atoms with Gasteiger partial charge in [0.25, 0.3) is 0 Å². The van der Waals surface area contributed by atoms with E-state index in [0.717, 1.165) is 0 Å². The summed E-state index contributed by atoms with van der Waals surface area (Å²) in [7, 11) is 0. The van der Waals surface area contributed by atoms with Crippen LogP contribution in [0.15, 0.2) is 46.2 Å². The van der Waals surface area contributed by atoms with Gasteiger partial charge in [-0.05, 0) is 36.4 Å². The van der Waals surface area contributed by atoms with Crippen molar-refractivity contribution in [1.29, 1.82) is 0 Å². The molecule has 7 heteroatoms. The van der Waals surface area contributed by atoms with Crippen molar-refractivity contribution in [3.63, 3.8) is 0 Å². The topological polar surface area (TPSA) is 52.0 Å². The predicted octanol–water partition coefficient (Wildman–Crippen LogP) is 3.01. The summed E-state index contributed by atoms with van der Waals surface area (Å²) in [5, 5.41) is 0. The second-order valence-corrected chi connectivity index (χ2v) is 4.37. The van der Waals surface area contributed by atoms with Crippen LogP contribution in [0.1, 0.15) is 0 Å². The maximum absolute atomic E-state index is 12.2. The summed E-state index contributed by atoms with van der Waals surface area (Å²) in [5.74, 6) is -0.622. The molecule has 4 N–H and O–H groups in total. The molecule has 0 aliphatic carbocycles. The Morgan fingerprint density at radius 3 is 1.26 bits per heavy atom. The van der Waals surface area contributed by atoms with Crippen LogP contribution in [0, 0.1) is 11.6 Å². The average molecular weight is 326 g/mol. The number of benzene rings is 2. The van der Waals surface area contributed by atoms with Crippen molar-refractivity contribution in [1.82, 2.24) is 0 Å². The van der Waals surface area contributed by atoms with Crippen LogP contribution in [0.2, 0.25) is 0 Å².